The van der Waals surface area contributed by atoms with Crippen molar-refractivity contribution in [1.29, 1.82) is 0 Å². The minimum atomic E-state index is -1.59. The molecule has 0 aliphatic rings. The lowest BCUT2D eigenvalue weighted by Crippen LogP contribution is -2.45. The first-order valence-corrected chi connectivity index (χ1v) is 8.67. The molecule has 126 valence electrons. The number of aliphatic hydroxyl groups is 1. The Morgan fingerprint density at radius 2 is 1.64 bits per heavy atom. The third-order valence-electron chi connectivity index (χ3n) is 3.79. The Hall–Kier alpha value is -2.76. The van der Waals surface area contributed by atoms with Crippen molar-refractivity contribution >= 4 is 28.7 Å². The number of benzene rings is 2. The highest BCUT2D eigenvalue weighted by Gasteiger charge is 2.31. The van der Waals surface area contributed by atoms with E-state index in [9.17, 15) is 14.7 Å². The molecule has 3 rings (SSSR count). The summed E-state index contributed by atoms with van der Waals surface area (Å²) in [6.07, 6.45) is -1.59. The van der Waals surface area contributed by atoms with E-state index >= 15 is 0 Å². The maximum Gasteiger partial charge on any atom is 0.260 e. The van der Waals surface area contributed by atoms with Crippen LogP contribution < -0.4 is 4.90 Å². The number of aryl methyl sites for hydroxylation is 1. The second kappa shape index (κ2) is 7.42. The Bertz CT molecular complexity index is 858. The largest absolute Gasteiger partial charge is 0.366 e. The Balaban J connectivity index is 2.01. The van der Waals surface area contributed by atoms with Gasteiger partial charge in [-0.05, 0) is 42.6 Å². The fourth-order valence-corrected chi connectivity index (χ4v) is 3.14. The average Bonchev–Trinajstić information content (AvgIpc) is 3.18. The minimum absolute atomic E-state index is 0.404. The van der Waals surface area contributed by atoms with Gasteiger partial charge in [-0.3, -0.25) is 14.5 Å². The SMILES string of the molecule is Cc1ccc(N(C(=O)c2ccccc2)C(O)C(=O)c2cccs2)cc1. The maximum absolute atomic E-state index is 13.0. The molecular weight excluding hydrogens is 334 g/mol. The van der Waals surface area contributed by atoms with Crippen LogP contribution in [0.4, 0.5) is 5.69 Å². The number of carbonyl (C=O) groups is 2. The zero-order valence-electron chi connectivity index (χ0n) is 13.6. The molecule has 4 nitrogen and oxygen atoms in total. The predicted molar refractivity (Wildman–Crippen MR) is 99.1 cm³/mol. The van der Waals surface area contributed by atoms with Gasteiger partial charge in [0.1, 0.15) is 0 Å². The molecule has 25 heavy (non-hydrogen) atoms. The summed E-state index contributed by atoms with van der Waals surface area (Å²) >= 11 is 1.23. The molecule has 0 radical (unpaired) electrons. The van der Waals surface area contributed by atoms with Crippen LogP contribution in [0.2, 0.25) is 0 Å². The fraction of sp³-hybridized carbons (Fsp3) is 0.100. The molecule has 1 aromatic heterocycles. The molecule has 0 aliphatic heterocycles. The van der Waals surface area contributed by atoms with Crippen molar-refractivity contribution < 1.29 is 14.7 Å². The van der Waals surface area contributed by atoms with Crippen LogP contribution in [0, 0.1) is 6.92 Å². The lowest BCUT2D eigenvalue weighted by Gasteiger charge is -2.27. The molecule has 1 amide bonds. The third kappa shape index (κ3) is 3.68. The van der Waals surface area contributed by atoms with Gasteiger partial charge in [-0.15, -0.1) is 11.3 Å². The molecule has 1 N–H and O–H groups in total. The van der Waals surface area contributed by atoms with Crippen molar-refractivity contribution in [2.45, 2.75) is 13.2 Å². The van der Waals surface area contributed by atoms with Gasteiger partial charge >= 0.3 is 0 Å². The van der Waals surface area contributed by atoms with E-state index < -0.39 is 17.9 Å². The summed E-state index contributed by atoms with van der Waals surface area (Å²) < 4.78 is 0. The van der Waals surface area contributed by atoms with E-state index in [0.717, 1.165) is 10.5 Å². The van der Waals surface area contributed by atoms with Crippen LogP contribution in [0.1, 0.15) is 25.6 Å². The molecule has 0 fully saturated rings. The zero-order valence-corrected chi connectivity index (χ0v) is 14.4. The smallest absolute Gasteiger partial charge is 0.260 e. The van der Waals surface area contributed by atoms with Gasteiger partial charge in [0, 0.05) is 11.3 Å². The van der Waals surface area contributed by atoms with E-state index in [1.807, 2.05) is 19.1 Å². The van der Waals surface area contributed by atoms with Crippen LogP contribution >= 0.6 is 11.3 Å². The number of ketones is 1. The van der Waals surface area contributed by atoms with Crippen LogP contribution in [0.5, 0.6) is 0 Å². The van der Waals surface area contributed by atoms with Gasteiger partial charge < -0.3 is 5.11 Å². The number of rotatable bonds is 5. The highest BCUT2D eigenvalue weighted by atomic mass is 32.1. The fourth-order valence-electron chi connectivity index (χ4n) is 2.46. The molecule has 1 unspecified atom stereocenters. The topological polar surface area (TPSA) is 57.6 Å². The van der Waals surface area contributed by atoms with E-state index in [-0.39, 0.29) is 0 Å². The molecule has 2 aromatic carbocycles. The Labute approximate surface area is 150 Å². The van der Waals surface area contributed by atoms with Crippen molar-refractivity contribution in [2.24, 2.45) is 0 Å². The Morgan fingerprint density at radius 3 is 2.24 bits per heavy atom. The molecular formula is C20H17NO3S. The molecule has 0 aliphatic carbocycles. The van der Waals surface area contributed by atoms with Crippen molar-refractivity contribution in [2.75, 3.05) is 4.90 Å². The molecule has 0 saturated carbocycles. The molecule has 3 aromatic rings. The van der Waals surface area contributed by atoms with Gasteiger partial charge in [0.2, 0.25) is 5.78 Å². The quantitative estimate of drug-likeness (QED) is 0.560. The molecule has 5 heteroatoms. The Kier molecular flexibility index (Phi) is 5.07. The van der Waals surface area contributed by atoms with Crippen molar-refractivity contribution in [3.05, 3.63) is 88.1 Å². The second-order valence-electron chi connectivity index (χ2n) is 5.59. The molecule has 0 bridgehead atoms. The number of hydrogen-bond donors (Lipinski definition) is 1. The summed E-state index contributed by atoms with van der Waals surface area (Å²) in [5.74, 6) is -0.929. The summed E-state index contributed by atoms with van der Waals surface area (Å²) in [6.45, 7) is 1.93. The summed E-state index contributed by atoms with van der Waals surface area (Å²) in [7, 11) is 0. The van der Waals surface area contributed by atoms with E-state index in [2.05, 4.69) is 0 Å². The first kappa shape index (κ1) is 17.1. The molecule has 1 heterocycles. The van der Waals surface area contributed by atoms with Crippen LogP contribution in [0.15, 0.2) is 72.1 Å². The number of hydrogen-bond acceptors (Lipinski definition) is 4. The number of aliphatic hydroxyl groups excluding tert-OH is 1. The van der Waals surface area contributed by atoms with E-state index in [1.165, 1.54) is 11.3 Å². The number of nitrogens with zero attached hydrogens (tertiary/aromatic N) is 1. The third-order valence-corrected chi connectivity index (χ3v) is 4.68. The van der Waals surface area contributed by atoms with E-state index in [1.54, 1.807) is 60.0 Å². The number of carbonyl (C=O) groups excluding carboxylic acids is 2. The van der Waals surface area contributed by atoms with Gasteiger partial charge in [-0.1, -0.05) is 42.0 Å². The van der Waals surface area contributed by atoms with E-state index in [0.29, 0.717) is 16.1 Å². The standard InChI is InChI=1S/C20H17NO3S/c1-14-9-11-16(12-10-14)21(19(23)15-6-3-2-4-7-15)20(24)18(22)17-8-5-13-25-17/h2-13,20,24H,1H3. The van der Waals surface area contributed by atoms with Gasteiger partial charge in [0.25, 0.3) is 5.91 Å². The van der Waals surface area contributed by atoms with Crippen LogP contribution in [-0.4, -0.2) is 23.0 Å². The molecule has 0 saturated heterocycles. The normalized spacial score (nSPS) is 11.8. The zero-order chi connectivity index (χ0) is 17.8. The number of Topliss-reactive ketones (excluding diaryl/α,β-unsaturated/α-hetero) is 1. The first-order chi connectivity index (χ1) is 12.1. The highest BCUT2D eigenvalue weighted by molar-refractivity contribution is 7.12. The number of thiophene rings is 1. The second-order valence-corrected chi connectivity index (χ2v) is 6.54. The van der Waals surface area contributed by atoms with E-state index in [4.69, 9.17) is 0 Å². The maximum atomic E-state index is 13.0. The van der Waals surface area contributed by atoms with Gasteiger partial charge in [0.15, 0.2) is 6.23 Å². The lowest BCUT2D eigenvalue weighted by molar-refractivity contribution is 0.0690. The number of anilines is 1. The van der Waals surface area contributed by atoms with Gasteiger partial charge in [-0.25, -0.2) is 0 Å². The summed E-state index contributed by atoms with van der Waals surface area (Å²) in [4.78, 5) is 27.1. The monoisotopic (exact) mass is 351 g/mol. The first-order valence-electron chi connectivity index (χ1n) is 7.79. The van der Waals surface area contributed by atoms with Gasteiger partial charge in [0.05, 0.1) is 4.88 Å². The van der Waals surface area contributed by atoms with Crippen molar-refractivity contribution in [3.63, 3.8) is 0 Å². The Morgan fingerprint density at radius 1 is 0.960 bits per heavy atom. The van der Waals surface area contributed by atoms with Crippen LogP contribution in [-0.2, 0) is 0 Å². The predicted octanol–water partition coefficient (Wildman–Crippen LogP) is 3.90. The van der Waals surface area contributed by atoms with Crippen LogP contribution in [0.25, 0.3) is 0 Å². The average molecular weight is 351 g/mol. The number of amides is 1. The van der Waals surface area contributed by atoms with Crippen molar-refractivity contribution in [1.82, 2.24) is 0 Å². The van der Waals surface area contributed by atoms with Gasteiger partial charge in [-0.2, -0.15) is 0 Å². The summed E-state index contributed by atoms with van der Waals surface area (Å²) in [6, 6.07) is 19.1. The summed E-state index contributed by atoms with van der Waals surface area (Å²) in [5.41, 5.74) is 1.90. The lowest BCUT2D eigenvalue weighted by atomic mass is 10.1. The summed E-state index contributed by atoms with van der Waals surface area (Å²) in [5, 5.41) is 12.4. The highest BCUT2D eigenvalue weighted by Crippen LogP contribution is 2.23. The van der Waals surface area contributed by atoms with Crippen LogP contribution in [0.3, 0.4) is 0 Å². The molecule has 0 spiro atoms. The van der Waals surface area contributed by atoms with Crippen molar-refractivity contribution in [3.8, 4) is 0 Å². The molecule has 1 atom stereocenters. The minimum Gasteiger partial charge on any atom is -0.366 e.